The third-order valence-electron chi connectivity index (χ3n) is 3.69. The number of ether oxygens (including phenoxy) is 1. The maximum absolute atomic E-state index is 11.8. The second-order valence-electron chi connectivity index (χ2n) is 5.52. The van der Waals surface area contributed by atoms with Gasteiger partial charge in [0.05, 0.1) is 13.2 Å². The summed E-state index contributed by atoms with van der Waals surface area (Å²) in [5.41, 5.74) is 0.753. The van der Waals surface area contributed by atoms with Crippen molar-refractivity contribution in [3.63, 3.8) is 0 Å². The zero-order valence-corrected chi connectivity index (χ0v) is 13.6. The van der Waals surface area contributed by atoms with Gasteiger partial charge in [-0.2, -0.15) is 0 Å². The molecule has 1 aromatic rings. The highest BCUT2D eigenvalue weighted by Crippen LogP contribution is 2.15. The fraction of sp³-hybridized carbons (Fsp3) is 0.529. The minimum atomic E-state index is -0.0774. The van der Waals surface area contributed by atoms with E-state index in [4.69, 9.17) is 4.74 Å². The first kappa shape index (κ1) is 17.3. The van der Waals surface area contributed by atoms with Gasteiger partial charge in [-0.1, -0.05) is 0 Å². The Morgan fingerprint density at radius 1 is 1.30 bits per heavy atom. The number of anilines is 1. The van der Waals surface area contributed by atoms with Crippen molar-refractivity contribution in [3.05, 3.63) is 24.3 Å². The summed E-state index contributed by atoms with van der Waals surface area (Å²) in [6.45, 7) is 5.19. The average Bonchev–Trinajstić information content (AvgIpc) is 2.94. The standard InChI is InChI=1S/C17H25N3O3/c1-2-23-15-8-6-14(7-9-15)19-16(21)13-18-10-4-12-20-11-3-5-17(20)22/h6-9,18H,2-5,10-13H2,1H3,(H,19,21). The Hall–Kier alpha value is -2.08. The fourth-order valence-electron chi connectivity index (χ4n) is 2.54. The summed E-state index contributed by atoms with van der Waals surface area (Å²) in [5.74, 6) is 0.963. The molecule has 0 unspecified atom stereocenters. The van der Waals surface area contributed by atoms with E-state index in [1.807, 2.05) is 36.1 Å². The number of hydrogen-bond acceptors (Lipinski definition) is 4. The Labute approximate surface area is 137 Å². The number of amides is 2. The summed E-state index contributed by atoms with van der Waals surface area (Å²) in [7, 11) is 0. The lowest BCUT2D eigenvalue weighted by Gasteiger charge is -2.15. The van der Waals surface area contributed by atoms with E-state index in [-0.39, 0.29) is 18.4 Å². The van der Waals surface area contributed by atoms with Gasteiger partial charge >= 0.3 is 0 Å². The summed E-state index contributed by atoms with van der Waals surface area (Å²) in [5, 5.41) is 5.93. The van der Waals surface area contributed by atoms with Gasteiger partial charge in [0.1, 0.15) is 5.75 Å². The van der Waals surface area contributed by atoms with Gasteiger partial charge in [-0.05, 0) is 50.6 Å². The van der Waals surface area contributed by atoms with Crippen molar-refractivity contribution >= 4 is 17.5 Å². The molecule has 1 aliphatic heterocycles. The molecule has 0 bridgehead atoms. The molecule has 0 radical (unpaired) electrons. The molecule has 2 rings (SSSR count). The summed E-state index contributed by atoms with van der Waals surface area (Å²) >= 11 is 0. The topological polar surface area (TPSA) is 70.7 Å². The Kier molecular flexibility index (Phi) is 6.87. The molecule has 1 fully saturated rings. The van der Waals surface area contributed by atoms with Crippen LogP contribution in [0.3, 0.4) is 0 Å². The monoisotopic (exact) mass is 319 g/mol. The van der Waals surface area contributed by atoms with E-state index in [1.165, 1.54) is 0 Å². The molecule has 0 aliphatic carbocycles. The lowest BCUT2D eigenvalue weighted by molar-refractivity contribution is -0.127. The molecule has 0 atom stereocenters. The minimum Gasteiger partial charge on any atom is -0.494 e. The third kappa shape index (κ3) is 5.90. The number of carbonyl (C=O) groups is 2. The van der Waals surface area contributed by atoms with Crippen LogP contribution in [0.25, 0.3) is 0 Å². The molecule has 0 aromatic heterocycles. The van der Waals surface area contributed by atoms with Crippen LogP contribution in [0.5, 0.6) is 5.75 Å². The van der Waals surface area contributed by atoms with E-state index in [0.717, 1.165) is 43.9 Å². The van der Waals surface area contributed by atoms with Crippen LogP contribution >= 0.6 is 0 Å². The highest BCUT2D eigenvalue weighted by atomic mass is 16.5. The Bertz CT molecular complexity index is 516. The van der Waals surface area contributed by atoms with Crippen LogP contribution in [-0.4, -0.2) is 49.5 Å². The SMILES string of the molecule is CCOc1ccc(NC(=O)CNCCCN2CCCC2=O)cc1. The van der Waals surface area contributed by atoms with Gasteiger partial charge in [0.25, 0.3) is 0 Å². The van der Waals surface area contributed by atoms with Crippen LogP contribution in [-0.2, 0) is 9.59 Å². The quantitative estimate of drug-likeness (QED) is 0.679. The van der Waals surface area contributed by atoms with Crippen LogP contribution in [0.15, 0.2) is 24.3 Å². The van der Waals surface area contributed by atoms with Crippen molar-refractivity contribution in [1.82, 2.24) is 10.2 Å². The number of benzene rings is 1. The maximum atomic E-state index is 11.8. The van der Waals surface area contributed by atoms with Crippen molar-refractivity contribution in [2.45, 2.75) is 26.2 Å². The van der Waals surface area contributed by atoms with Crippen LogP contribution in [0, 0.1) is 0 Å². The highest BCUT2D eigenvalue weighted by Gasteiger charge is 2.18. The van der Waals surface area contributed by atoms with Gasteiger partial charge < -0.3 is 20.3 Å². The largest absolute Gasteiger partial charge is 0.494 e. The van der Waals surface area contributed by atoms with Gasteiger partial charge in [-0.25, -0.2) is 0 Å². The fourth-order valence-corrected chi connectivity index (χ4v) is 2.54. The Morgan fingerprint density at radius 2 is 2.09 bits per heavy atom. The lowest BCUT2D eigenvalue weighted by Crippen LogP contribution is -2.32. The summed E-state index contributed by atoms with van der Waals surface area (Å²) in [6, 6.07) is 7.31. The van der Waals surface area contributed by atoms with Crippen molar-refractivity contribution < 1.29 is 14.3 Å². The van der Waals surface area contributed by atoms with E-state index in [0.29, 0.717) is 13.0 Å². The Balaban J connectivity index is 1.58. The Morgan fingerprint density at radius 3 is 2.74 bits per heavy atom. The van der Waals surface area contributed by atoms with Crippen LogP contribution in [0.1, 0.15) is 26.2 Å². The van der Waals surface area contributed by atoms with Crippen molar-refractivity contribution in [1.29, 1.82) is 0 Å². The van der Waals surface area contributed by atoms with Crippen molar-refractivity contribution in [2.75, 3.05) is 38.1 Å². The molecule has 23 heavy (non-hydrogen) atoms. The van der Waals surface area contributed by atoms with E-state index >= 15 is 0 Å². The molecule has 1 aromatic carbocycles. The third-order valence-corrected chi connectivity index (χ3v) is 3.69. The van der Waals surface area contributed by atoms with Crippen LogP contribution in [0.4, 0.5) is 5.69 Å². The summed E-state index contributed by atoms with van der Waals surface area (Å²) < 4.78 is 5.35. The van der Waals surface area contributed by atoms with Gasteiger partial charge in [0.15, 0.2) is 0 Å². The van der Waals surface area contributed by atoms with Crippen molar-refractivity contribution in [2.24, 2.45) is 0 Å². The predicted molar refractivity (Wildman–Crippen MR) is 89.5 cm³/mol. The maximum Gasteiger partial charge on any atom is 0.238 e. The van der Waals surface area contributed by atoms with Crippen LogP contribution < -0.4 is 15.4 Å². The molecular weight excluding hydrogens is 294 g/mol. The van der Waals surface area contributed by atoms with Crippen LogP contribution in [0.2, 0.25) is 0 Å². The van der Waals surface area contributed by atoms with Gasteiger partial charge in [-0.3, -0.25) is 9.59 Å². The molecule has 1 saturated heterocycles. The van der Waals surface area contributed by atoms with Gasteiger partial charge in [0, 0.05) is 25.2 Å². The van der Waals surface area contributed by atoms with Gasteiger partial charge in [0.2, 0.25) is 11.8 Å². The first-order chi connectivity index (χ1) is 11.2. The van der Waals surface area contributed by atoms with E-state index in [9.17, 15) is 9.59 Å². The smallest absolute Gasteiger partial charge is 0.238 e. The first-order valence-electron chi connectivity index (χ1n) is 8.20. The molecule has 0 saturated carbocycles. The number of rotatable bonds is 9. The number of carbonyl (C=O) groups excluding carboxylic acids is 2. The average molecular weight is 319 g/mol. The zero-order valence-electron chi connectivity index (χ0n) is 13.6. The minimum absolute atomic E-state index is 0.0774. The molecule has 2 N–H and O–H groups in total. The molecule has 0 spiro atoms. The number of hydrogen-bond donors (Lipinski definition) is 2. The molecule has 1 aliphatic rings. The number of nitrogens with one attached hydrogen (secondary N) is 2. The molecule has 2 amide bonds. The lowest BCUT2D eigenvalue weighted by atomic mass is 10.3. The summed E-state index contributed by atoms with van der Waals surface area (Å²) in [6.07, 6.45) is 2.51. The molecule has 126 valence electrons. The summed E-state index contributed by atoms with van der Waals surface area (Å²) in [4.78, 5) is 25.2. The number of nitrogens with zero attached hydrogens (tertiary/aromatic N) is 1. The number of likely N-dealkylation sites (tertiary alicyclic amines) is 1. The zero-order chi connectivity index (χ0) is 16.5. The second-order valence-corrected chi connectivity index (χ2v) is 5.52. The van der Waals surface area contributed by atoms with E-state index in [2.05, 4.69) is 10.6 Å². The first-order valence-corrected chi connectivity index (χ1v) is 8.20. The predicted octanol–water partition coefficient (Wildman–Crippen LogP) is 1.63. The highest BCUT2D eigenvalue weighted by molar-refractivity contribution is 5.92. The van der Waals surface area contributed by atoms with Crippen molar-refractivity contribution in [3.8, 4) is 5.75 Å². The molecule has 6 heteroatoms. The van der Waals surface area contributed by atoms with E-state index in [1.54, 1.807) is 0 Å². The molecular formula is C17H25N3O3. The van der Waals surface area contributed by atoms with Gasteiger partial charge in [-0.15, -0.1) is 0 Å². The van der Waals surface area contributed by atoms with E-state index < -0.39 is 0 Å². The molecule has 6 nitrogen and oxygen atoms in total. The second kappa shape index (κ2) is 9.15. The molecule has 1 heterocycles. The normalized spacial score (nSPS) is 14.1.